The highest BCUT2D eigenvalue weighted by Crippen LogP contribution is 2.41. The molecule has 11 heteroatoms. The molecule has 1 aliphatic rings. The Morgan fingerprint density at radius 2 is 1.54 bits per heavy atom. The number of ketones is 1. The van der Waals surface area contributed by atoms with E-state index < -0.39 is 54.6 Å². The van der Waals surface area contributed by atoms with Crippen LogP contribution in [0, 0.1) is 0 Å². The SMILES string of the molecule is Nc1ccc(Cc2c(O)cc(OC3OC(CO)C(O)C(O)C3O)c(C(=O)CCc3ccc(O)cc3)c2O)cc1. The van der Waals surface area contributed by atoms with E-state index >= 15 is 0 Å². The molecule has 5 atom stereocenters. The Labute approximate surface area is 223 Å². The molecule has 11 nitrogen and oxygen atoms in total. The number of nitrogen functional groups attached to an aromatic ring is 1. The van der Waals surface area contributed by atoms with E-state index in [1.807, 2.05) is 0 Å². The number of rotatable bonds is 9. The van der Waals surface area contributed by atoms with Gasteiger partial charge in [0, 0.05) is 30.2 Å². The van der Waals surface area contributed by atoms with Crippen LogP contribution in [0.2, 0.25) is 0 Å². The van der Waals surface area contributed by atoms with Crippen LogP contribution in [0.5, 0.6) is 23.0 Å². The number of hydrogen-bond acceptors (Lipinski definition) is 11. The van der Waals surface area contributed by atoms with Crippen molar-refractivity contribution in [2.45, 2.75) is 50.0 Å². The normalized spacial score (nSPS) is 22.9. The van der Waals surface area contributed by atoms with Crippen LogP contribution in [0.3, 0.4) is 0 Å². The largest absolute Gasteiger partial charge is 0.508 e. The monoisotopic (exact) mass is 541 g/mol. The van der Waals surface area contributed by atoms with Gasteiger partial charge < -0.3 is 51.0 Å². The molecule has 1 fully saturated rings. The number of ether oxygens (including phenoxy) is 2. The molecule has 208 valence electrons. The predicted molar refractivity (Wildman–Crippen MR) is 139 cm³/mol. The molecule has 1 heterocycles. The Hall–Kier alpha value is -3.87. The summed E-state index contributed by atoms with van der Waals surface area (Å²) in [5, 5.41) is 71.6. The molecule has 0 saturated carbocycles. The van der Waals surface area contributed by atoms with E-state index in [0.717, 1.165) is 11.6 Å². The van der Waals surface area contributed by atoms with Crippen molar-refractivity contribution in [3.63, 3.8) is 0 Å². The van der Waals surface area contributed by atoms with Gasteiger partial charge in [-0.05, 0) is 41.8 Å². The second-order valence-corrected chi connectivity index (χ2v) is 9.42. The fourth-order valence-electron chi connectivity index (χ4n) is 4.38. The van der Waals surface area contributed by atoms with E-state index in [1.54, 1.807) is 36.4 Å². The van der Waals surface area contributed by atoms with Crippen LogP contribution >= 0.6 is 0 Å². The fraction of sp³-hybridized carbons (Fsp3) is 0.321. The maximum absolute atomic E-state index is 13.4. The summed E-state index contributed by atoms with van der Waals surface area (Å²) in [6.07, 6.45) is -7.83. The van der Waals surface area contributed by atoms with E-state index in [4.69, 9.17) is 15.2 Å². The number of aliphatic hydroxyl groups excluding tert-OH is 4. The van der Waals surface area contributed by atoms with Gasteiger partial charge in [0.15, 0.2) is 5.78 Å². The Bertz CT molecular complexity index is 1290. The minimum atomic E-state index is -1.78. The van der Waals surface area contributed by atoms with E-state index in [-0.39, 0.29) is 41.9 Å². The molecule has 0 aromatic heterocycles. The van der Waals surface area contributed by atoms with Crippen molar-refractivity contribution >= 4 is 11.5 Å². The van der Waals surface area contributed by atoms with Crippen molar-refractivity contribution in [1.29, 1.82) is 0 Å². The molecule has 1 aliphatic heterocycles. The molecule has 0 radical (unpaired) electrons. The van der Waals surface area contributed by atoms with Crippen molar-refractivity contribution in [3.8, 4) is 23.0 Å². The summed E-state index contributed by atoms with van der Waals surface area (Å²) in [4.78, 5) is 13.4. The lowest BCUT2D eigenvalue weighted by Crippen LogP contribution is -2.60. The summed E-state index contributed by atoms with van der Waals surface area (Å²) in [6, 6.07) is 14.1. The van der Waals surface area contributed by atoms with Gasteiger partial charge in [-0.25, -0.2) is 0 Å². The maximum atomic E-state index is 13.4. The van der Waals surface area contributed by atoms with Crippen LogP contribution in [0.4, 0.5) is 5.69 Å². The lowest BCUT2D eigenvalue weighted by atomic mass is 9.95. The molecule has 0 amide bonds. The van der Waals surface area contributed by atoms with Crippen molar-refractivity contribution < 1.29 is 50.0 Å². The summed E-state index contributed by atoms with van der Waals surface area (Å²) >= 11 is 0. The second-order valence-electron chi connectivity index (χ2n) is 9.42. The predicted octanol–water partition coefficient (Wildman–Crippen LogP) is 0.971. The topological polar surface area (TPSA) is 203 Å². The zero-order valence-electron chi connectivity index (χ0n) is 20.8. The first-order valence-electron chi connectivity index (χ1n) is 12.3. The Morgan fingerprint density at radius 1 is 0.897 bits per heavy atom. The number of nitrogens with two attached hydrogens (primary N) is 1. The summed E-state index contributed by atoms with van der Waals surface area (Å²) < 4.78 is 11.1. The molecule has 5 unspecified atom stereocenters. The van der Waals surface area contributed by atoms with E-state index in [0.29, 0.717) is 11.3 Å². The molecule has 9 N–H and O–H groups in total. The lowest BCUT2D eigenvalue weighted by molar-refractivity contribution is -0.277. The molecular weight excluding hydrogens is 510 g/mol. The van der Waals surface area contributed by atoms with Crippen molar-refractivity contribution in [2.24, 2.45) is 0 Å². The van der Waals surface area contributed by atoms with Crippen LogP contribution in [-0.4, -0.2) is 78.8 Å². The highest BCUT2D eigenvalue weighted by molar-refractivity contribution is 6.02. The molecule has 1 saturated heterocycles. The third kappa shape index (κ3) is 6.24. The molecule has 39 heavy (non-hydrogen) atoms. The summed E-state index contributed by atoms with van der Waals surface area (Å²) in [6.45, 7) is -0.694. The lowest BCUT2D eigenvalue weighted by Gasteiger charge is -2.39. The smallest absolute Gasteiger partial charge is 0.229 e. The average Bonchev–Trinajstić information content (AvgIpc) is 2.92. The zero-order valence-corrected chi connectivity index (χ0v) is 20.8. The number of benzene rings is 3. The van der Waals surface area contributed by atoms with Gasteiger partial charge in [0.2, 0.25) is 6.29 Å². The van der Waals surface area contributed by atoms with Gasteiger partial charge in [-0.2, -0.15) is 0 Å². The minimum Gasteiger partial charge on any atom is -0.508 e. The average molecular weight is 542 g/mol. The summed E-state index contributed by atoms with van der Waals surface area (Å²) in [7, 11) is 0. The number of Topliss-reactive ketones (excluding diaryl/α,β-unsaturated/α-hetero) is 1. The highest BCUT2D eigenvalue weighted by atomic mass is 16.7. The Kier molecular flexibility index (Phi) is 8.58. The third-order valence-corrected chi connectivity index (χ3v) is 6.65. The number of anilines is 1. The summed E-state index contributed by atoms with van der Waals surface area (Å²) in [5.74, 6) is -1.75. The van der Waals surface area contributed by atoms with Gasteiger partial charge in [-0.1, -0.05) is 24.3 Å². The van der Waals surface area contributed by atoms with Crippen molar-refractivity contribution in [2.75, 3.05) is 12.3 Å². The first-order valence-corrected chi connectivity index (χ1v) is 12.3. The van der Waals surface area contributed by atoms with E-state index in [2.05, 4.69) is 0 Å². The van der Waals surface area contributed by atoms with Gasteiger partial charge in [0.25, 0.3) is 0 Å². The maximum Gasteiger partial charge on any atom is 0.229 e. The van der Waals surface area contributed by atoms with Gasteiger partial charge in [-0.3, -0.25) is 4.79 Å². The number of phenols is 3. The van der Waals surface area contributed by atoms with Crippen LogP contribution in [0.1, 0.15) is 33.5 Å². The molecule has 0 bridgehead atoms. The van der Waals surface area contributed by atoms with Crippen LogP contribution < -0.4 is 10.5 Å². The minimum absolute atomic E-state index is 0.0499. The second kappa shape index (κ2) is 11.9. The highest BCUT2D eigenvalue weighted by Gasteiger charge is 2.45. The van der Waals surface area contributed by atoms with Crippen molar-refractivity contribution in [3.05, 3.63) is 76.9 Å². The zero-order chi connectivity index (χ0) is 28.3. The standard InChI is InChI=1S/C28H31NO10/c29-16-6-1-15(2-7-16)11-18-20(33)12-21(38-28-27(37)26(36)25(35)22(13-30)39-28)23(24(18)34)19(32)10-5-14-3-8-17(31)9-4-14/h1-4,6-9,12,22,25-28,30-31,33-37H,5,10-11,13,29H2. The number of aromatic hydroxyl groups is 3. The van der Waals surface area contributed by atoms with Gasteiger partial charge >= 0.3 is 0 Å². The number of aryl methyl sites for hydroxylation is 1. The summed E-state index contributed by atoms with van der Waals surface area (Å²) in [5.41, 5.74) is 7.47. The number of carbonyl (C=O) groups excluding carboxylic acids is 1. The quantitative estimate of drug-likeness (QED) is 0.142. The number of phenolic OH excluding ortho intramolecular Hbond substituents is 3. The van der Waals surface area contributed by atoms with Crippen LogP contribution in [-0.2, 0) is 17.6 Å². The van der Waals surface area contributed by atoms with Gasteiger partial charge in [-0.15, -0.1) is 0 Å². The van der Waals surface area contributed by atoms with Crippen molar-refractivity contribution in [1.82, 2.24) is 0 Å². The number of hydrogen-bond donors (Lipinski definition) is 8. The number of carbonyl (C=O) groups is 1. The molecule has 4 rings (SSSR count). The first kappa shape index (κ1) is 28.1. The molecular formula is C28H31NO10. The third-order valence-electron chi connectivity index (χ3n) is 6.65. The van der Waals surface area contributed by atoms with Gasteiger partial charge in [0.1, 0.15) is 53.0 Å². The molecule has 3 aromatic carbocycles. The van der Waals surface area contributed by atoms with Crippen LogP contribution in [0.15, 0.2) is 54.6 Å². The van der Waals surface area contributed by atoms with E-state index in [1.165, 1.54) is 12.1 Å². The Balaban J connectivity index is 1.69. The van der Waals surface area contributed by atoms with Gasteiger partial charge in [0.05, 0.1) is 6.61 Å². The molecule has 0 spiro atoms. The van der Waals surface area contributed by atoms with E-state index in [9.17, 15) is 40.5 Å². The first-order chi connectivity index (χ1) is 18.6. The fourth-order valence-corrected chi connectivity index (χ4v) is 4.38. The molecule has 3 aromatic rings. The van der Waals surface area contributed by atoms with Crippen LogP contribution in [0.25, 0.3) is 0 Å². The Morgan fingerprint density at radius 3 is 2.18 bits per heavy atom. The number of aliphatic hydroxyl groups is 4. The molecule has 0 aliphatic carbocycles.